The predicted octanol–water partition coefficient (Wildman–Crippen LogP) is 4.37. The molecule has 4 aromatic rings. The Morgan fingerprint density at radius 1 is 0.964 bits per heavy atom. The van der Waals surface area contributed by atoms with Crippen LogP contribution in [0.1, 0.15) is 11.1 Å². The van der Waals surface area contributed by atoms with Crippen LogP contribution in [0.5, 0.6) is 0 Å². The summed E-state index contributed by atoms with van der Waals surface area (Å²) in [6, 6.07) is 12.1. The molecule has 0 atom stereocenters. The van der Waals surface area contributed by atoms with Gasteiger partial charge in [-0.25, -0.2) is 8.91 Å². The second-order valence-corrected chi connectivity index (χ2v) is 6.30. The van der Waals surface area contributed by atoms with Crippen LogP contribution in [0.25, 0.3) is 16.8 Å². The van der Waals surface area contributed by atoms with Gasteiger partial charge in [0.15, 0.2) is 0 Å². The van der Waals surface area contributed by atoms with E-state index in [2.05, 4.69) is 5.10 Å². The van der Waals surface area contributed by atoms with E-state index in [0.717, 1.165) is 12.1 Å². The molecule has 0 saturated heterocycles. The summed E-state index contributed by atoms with van der Waals surface area (Å²) in [5, 5.41) is 4.30. The van der Waals surface area contributed by atoms with E-state index in [1.165, 1.54) is 39.5 Å². The molecule has 0 amide bonds. The molecular weight excluding hydrogens is 374 g/mol. The molecule has 2 heterocycles. The monoisotopic (exact) mass is 387 g/mol. The van der Waals surface area contributed by atoms with Gasteiger partial charge in [-0.05, 0) is 48.0 Å². The standard InChI is InChI=1S/C20H13F4N3O/c21-16-6-4-14(5-7-16)17-11-18-19(28)26(8-9-27(18)25-17)12-13-2-1-3-15(10-13)20(22,23)24/h1-11H,12H2. The number of nitrogens with zero attached hydrogens (tertiary/aromatic N) is 3. The summed E-state index contributed by atoms with van der Waals surface area (Å²) in [7, 11) is 0. The molecular formula is C20H13F4N3O. The summed E-state index contributed by atoms with van der Waals surface area (Å²) in [4.78, 5) is 12.7. The number of hydrogen-bond acceptors (Lipinski definition) is 2. The van der Waals surface area contributed by atoms with Gasteiger partial charge in [0.1, 0.15) is 11.3 Å². The van der Waals surface area contributed by atoms with Crippen molar-refractivity contribution in [3.05, 3.63) is 94.3 Å². The van der Waals surface area contributed by atoms with Crippen LogP contribution in [-0.2, 0) is 12.7 Å². The second-order valence-electron chi connectivity index (χ2n) is 6.30. The zero-order valence-corrected chi connectivity index (χ0v) is 14.3. The largest absolute Gasteiger partial charge is 0.416 e. The number of hydrogen-bond donors (Lipinski definition) is 0. The van der Waals surface area contributed by atoms with Crippen LogP contribution in [0.4, 0.5) is 17.6 Å². The first-order chi connectivity index (χ1) is 13.3. The number of rotatable bonds is 3. The van der Waals surface area contributed by atoms with E-state index in [9.17, 15) is 22.4 Å². The first-order valence-electron chi connectivity index (χ1n) is 8.32. The maximum Gasteiger partial charge on any atom is 0.416 e. The van der Waals surface area contributed by atoms with Gasteiger partial charge in [-0.2, -0.15) is 18.3 Å². The minimum atomic E-state index is -4.44. The maximum atomic E-state index is 13.1. The van der Waals surface area contributed by atoms with Gasteiger partial charge in [0.05, 0.1) is 17.8 Å². The van der Waals surface area contributed by atoms with Crippen molar-refractivity contribution in [1.82, 2.24) is 14.2 Å². The van der Waals surface area contributed by atoms with Gasteiger partial charge in [-0.15, -0.1) is 0 Å². The molecule has 0 aliphatic rings. The Hall–Kier alpha value is -3.42. The Morgan fingerprint density at radius 3 is 2.43 bits per heavy atom. The fraction of sp³-hybridized carbons (Fsp3) is 0.100. The summed E-state index contributed by atoms with van der Waals surface area (Å²) in [5.41, 5.74) is 0.624. The lowest BCUT2D eigenvalue weighted by molar-refractivity contribution is -0.137. The summed E-state index contributed by atoms with van der Waals surface area (Å²) < 4.78 is 54.4. The van der Waals surface area contributed by atoms with E-state index >= 15 is 0 Å². The molecule has 0 bridgehead atoms. The van der Waals surface area contributed by atoms with Crippen LogP contribution in [0.15, 0.2) is 71.8 Å². The van der Waals surface area contributed by atoms with Crippen molar-refractivity contribution in [2.24, 2.45) is 0 Å². The molecule has 2 aromatic carbocycles. The van der Waals surface area contributed by atoms with Crippen LogP contribution < -0.4 is 5.56 Å². The zero-order valence-electron chi connectivity index (χ0n) is 14.3. The van der Waals surface area contributed by atoms with Crippen LogP contribution in [-0.4, -0.2) is 14.2 Å². The highest BCUT2D eigenvalue weighted by Gasteiger charge is 2.30. The molecule has 142 valence electrons. The third-order valence-corrected chi connectivity index (χ3v) is 4.35. The summed E-state index contributed by atoms with van der Waals surface area (Å²) in [6.07, 6.45) is -1.42. The molecule has 4 nitrogen and oxygen atoms in total. The lowest BCUT2D eigenvalue weighted by Gasteiger charge is -2.10. The smallest absolute Gasteiger partial charge is 0.308 e. The van der Waals surface area contributed by atoms with E-state index in [1.807, 2.05) is 0 Å². The van der Waals surface area contributed by atoms with E-state index in [1.54, 1.807) is 24.4 Å². The van der Waals surface area contributed by atoms with E-state index < -0.39 is 11.7 Å². The molecule has 0 unspecified atom stereocenters. The summed E-state index contributed by atoms with van der Waals surface area (Å²) in [5.74, 6) is -0.379. The van der Waals surface area contributed by atoms with Crippen LogP contribution in [0, 0.1) is 5.82 Å². The highest BCUT2D eigenvalue weighted by molar-refractivity contribution is 5.65. The molecule has 28 heavy (non-hydrogen) atoms. The molecule has 0 saturated carbocycles. The molecule has 0 N–H and O–H groups in total. The lowest BCUT2D eigenvalue weighted by Crippen LogP contribution is -2.22. The van der Waals surface area contributed by atoms with Crippen molar-refractivity contribution in [2.75, 3.05) is 0 Å². The van der Waals surface area contributed by atoms with Crippen LogP contribution in [0.3, 0.4) is 0 Å². The Balaban J connectivity index is 1.70. The summed E-state index contributed by atoms with van der Waals surface area (Å²) >= 11 is 0. The zero-order chi connectivity index (χ0) is 19.9. The number of benzene rings is 2. The van der Waals surface area contributed by atoms with Gasteiger partial charge in [0, 0.05) is 18.0 Å². The molecule has 8 heteroatoms. The van der Waals surface area contributed by atoms with Crippen molar-refractivity contribution in [1.29, 1.82) is 0 Å². The normalized spacial score (nSPS) is 11.9. The molecule has 4 rings (SSSR count). The fourth-order valence-corrected chi connectivity index (χ4v) is 2.96. The van der Waals surface area contributed by atoms with Crippen LogP contribution >= 0.6 is 0 Å². The lowest BCUT2D eigenvalue weighted by atomic mass is 10.1. The molecule has 2 aromatic heterocycles. The molecule has 0 radical (unpaired) electrons. The minimum absolute atomic E-state index is 0.00366. The average molecular weight is 387 g/mol. The Labute approximate surface area is 156 Å². The Bertz CT molecular complexity index is 1210. The quantitative estimate of drug-likeness (QED) is 0.490. The van der Waals surface area contributed by atoms with Gasteiger partial charge in [0.2, 0.25) is 0 Å². The van der Waals surface area contributed by atoms with Crippen LogP contribution in [0.2, 0.25) is 0 Å². The number of aromatic nitrogens is 3. The Kier molecular flexibility index (Phi) is 4.26. The van der Waals surface area contributed by atoms with E-state index in [4.69, 9.17) is 0 Å². The Morgan fingerprint density at radius 2 is 1.71 bits per heavy atom. The third-order valence-electron chi connectivity index (χ3n) is 4.35. The van der Waals surface area contributed by atoms with Crippen molar-refractivity contribution >= 4 is 5.52 Å². The average Bonchev–Trinajstić information content (AvgIpc) is 3.09. The van der Waals surface area contributed by atoms with E-state index in [-0.39, 0.29) is 23.4 Å². The van der Waals surface area contributed by atoms with Crippen molar-refractivity contribution in [3.63, 3.8) is 0 Å². The second kappa shape index (κ2) is 6.63. The minimum Gasteiger partial charge on any atom is -0.308 e. The van der Waals surface area contributed by atoms with E-state index in [0.29, 0.717) is 16.8 Å². The van der Waals surface area contributed by atoms with Gasteiger partial charge < -0.3 is 4.57 Å². The maximum absolute atomic E-state index is 13.1. The highest BCUT2D eigenvalue weighted by Crippen LogP contribution is 2.29. The van der Waals surface area contributed by atoms with Gasteiger partial charge >= 0.3 is 6.18 Å². The van der Waals surface area contributed by atoms with Crippen molar-refractivity contribution < 1.29 is 17.6 Å². The predicted molar refractivity (Wildman–Crippen MR) is 95.4 cm³/mol. The topological polar surface area (TPSA) is 39.3 Å². The van der Waals surface area contributed by atoms with Crippen molar-refractivity contribution in [3.8, 4) is 11.3 Å². The fourth-order valence-electron chi connectivity index (χ4n) is 2.96. The molecule has 0 spiro atoms. The van der Waals surface area contributed by atoms with Gasteiger partial charge in [-0.1, -0.05) is 12.1 Å². The molecule has 0 aliphatic carbocycles. The SMILES string of the molecule is O=c1c2cc(-c3ccc(F)cc3)nn2ccn1Cc1cccc(C(F)(F)F)c1. The first-order valence-corrected chi connectivity index (χ1v) is 8.32. The summed E-state index contributed by atoms with van der Waals surface area (Å²) in [6.45, 7) is -0.00366. The molecule has 0 aliphatic heterocycles. The number of halogens is 4. The first kappa shape index (κ1) is 18.0. The highest BCUT2D eigenvalue weighted by atomic mass is 19.4. The third kappa shape index (κ3) is 3.40. The number of alkyl halides is 3. The van der Waals surface area contributed by atoms with Gasteiger partial charge in [0.25, 0.3) is 5.56 Å². The van der Waals surface area contributed by atoms with Gasteiger partial charge in [-0.3, -0.25) is 4.79 Å². The molecule has 0 fully saturated rings. The van der Waals surface area contributed by atoms with Crippen molar-refractivity contribution in [2.45, 2.75) is 12.7 Å². The number of fused-ring (bicyclic) bond motifs is 1.